The fraction of sp³-hybridized carbons (Fsp3) is 1.00. The van der Waals surface area contributed by atoms with E-state index in [1.54, 1.807) is 19.3 Å². The Kier molecular flexibility index (Phi) is 7.18. The normalized spacial score (nSPS) is 49.5. The van der Waals surface area contributed by atoms with Crippen LogP contribution in [0.4, 0.5) is 0 Å². The second-order valence-electron chi connectivity index (χ2n) is 13.3. The molecule has 0 saturated heterocycles. The molecule has 0 radical (unpaired) electrons. The summed E-state index contributed by atoms with van der Waals surface area (Å²) in [7, 11) is 0. The second-order valence-corrected chi connectivity index (χ2v) is 13.3. The van der Waals surface area contributed by atoms with Gasteiger partial charge >= 0.3 is 0 Å². The summed E-state index contributed by atoms with van der Waals surface area (Å²) < 4.78 is 0. The molecule has 0 bridgehead atoms. The van der Waals surface area contributed by atoms with Crippen LogP contribution in [0.2, 0.25) is 0 Å². The third kappa shape index (κ3) is 4.58. The maximum atomic E-state index is 4.51. The van der Waals surface area contributed by atoms with Crippen LogP contribution in [0.25, 0.3) is 0 Å². The van der Waals surface area contributed by atoms with Crippen molar-refractivity contribution in [2.24, 2.45) is 35.5 Å². The summed E-state index contributed by atoms with van der Waals surface area (Å²) in [6.45, 7) is 0. The van der Waals surface area contributed by atoms with Crippen molar-refractivity contribution in [3.8, 4) is 0 Å². The van der Waals surface area contributed by atoms with Gasteiger partial charge in [0.15, 0.2) is 0 Å². The molecule has 2 heteroatoms. The van der Waals surface area contributed by atoms with Crippen LogP contribution in [0.1, 0.15) is 128 Å². The van der Waals surface area contributed by atoms with Crippen molar-refractivity contribution in [1.82, 2.24) is 10.6 Å². The summed E-state index contributed by atoms with van der Waals surface area (Å²) in [5.74, 6) is 6.16. The number of hydrogen-bond donors (Lipinski definition) is 2. The third-order valence-electron chi connectivity index (χ3n) is 11.6. The van der Waals surface area contributed by atoms with Gasteiger partial charge in [-0.1, -0.05) is 83.5 Å². The molecule has 182 valence electrons. The molecule has 0 spiro atoms. The number of nitrogens with one attached hydrogen (secondary N) is 2. The zero-order valence-electron chi connectivity index (χ0n) is 20.9. The molecule has 0 aromatic carbocycles. The van der Waals surface area contributed by atoms with Crippen LogP contribution in [0.3, 0.4) is 0 Å². The van der Waals surface area contributed by atoms with Crippen molar-refractivity contribution in [3.05, 3.63) is 0 Å². The van der Waals surface area contributed by atoms with Gasteiger partial charge in [-0.05, 0) is 80.5 Å². The van der Waals surface area contributed by atoms with Gasteiger partial charge < -0.3 is 10.6 Å². The van der Waals surface area contributed by atoms with Crippen molar-refractivity contribution < 1.29 is 0 Å². The zero-order valence-corrected chi connectivity index (χ0v) is 20.9. The summed E-state index contributed by atoms with van der Waals surface area (Å²) in [5.41, 5.74) is 0. The van der Waals surface area contributed by atoms with Crippen molar-refractivity contribution in [1.29, 1.82) is 0 Å². The Labute approximate surface area is 198 Å². The predicted molar refractivity (Wildman–Crippen MR) is 135 cm³/mol. The van der Waals surface area contributed by atoms with Gasteiger partial charge in [0.1, 0.15) is 0 Å². The van der Waals surface area contributed by atoms with Gasteiger partial charge in [0.2, 0.25) is 0 Å². The first-order valence-corrected chi connectivity index (χ1v) is 15.4. The van der Waals surface area contributed by atoms with Gasteiger partial charge in [-0.2, -0.15) is 0 Å². The Morgan fingerprint density at radius 1 is 0.344 bits per heavy atom. The molecule has 6 aliphatic rings. The number of fused-ring (bicyclic) bond motifs is 3. The van der Waals surface area contributed by atoms with Crippen LogP contribution in [-0.4, -0.2) is 24.2 Å². The molecular formula is C30H52N2. The number of hydrogen-bond acceptors (Lipinski definition) is 2. The molecule has 0 heterocycles. The van der Waals surface area contributed by atoms with Crippen molar-refractivity contribution in [3.63, 3.8) is 0 Å². The topological polar surface area (TPSA) is 24.1 Å². The van der Waals surface area contributed by atoms with Crippen LogP contribution in [0.15, 0.2) is 0 Å². The van der Waals surface area contributed by atoms with Crippen molar-refractivity contribution in [2.45, 2.75) is 153 Å². The van der Waals surface area contributed by atoms with E-state index in [0.717, 1.165) is 59.7 Å². The fourth-order valence-corrected chi connectivity index (χ4v) is 10.2. The van der Waals surface area contributed by atoms with E-state index in [9.17, 15) is 0 Å². The zero-order chi connectivity index (χ0) is 21.3. The lowest BCUT2D eigenvalue weighted by Gasteiger charge is -2.53. The lowest BCUT2D eigenvalue weighted by molar-refractivity contribution is 0.00271. The minimum Gasteiger partial charge on any atom is -0.309 e. The molecule has 0 aliphatic heterocycles. The van der Waals surface area contributed by atoms with E-state index in [4.69, 9.17) is 0 Å². The SMILES string of the molecule is C1CCC2C(C1)CCCC2NC1CCCCC1NC1C2CCCCC2CC2CCCCC21. The average molecular weight is 441 g/mol. The maximum absolute atomic E-state index is 4.51. The summed E-state index contributed by atoms with van der Waals surface area (Å²) in [6.07, 6.45) is 30.1. The predicted octanol–water partition coefficient (Wildman–Crippen LogP) is 7.22. The molecule has 6 saturated carbocycles. The van der Waals surface area contributed by atoms with Gasteiger partial charge in [-0.15, -0.1) is 0 Å². The molecule has 9 atom stereocenters. The quantitative estimate of drug-likeness (QED) is 0.482. The molecule has 0 aromatic heterocycles. The molecular weight excluding hydrogens is 388 g/mol. The summed E-state index contributed by atoms with van der Waals surface area (Å²) in [5, 5.41) is 8.88. The molecule has 6 rings (SSSR count). The average Bonchev–Trinajstić information content (AvgIpc) is 2.85. The van der Waals surface area contributed by atoms with Gasteiger partial charge in [-0.25, -0.2) is 0 Å². The molecule has 0 amide bonds. The highest BCUT2D eigenvalue weighted by molar-refractivity contribution is 5.02. The van der Waals surface area contributed by atoms with Gasteiger partial charge in [0.05, 0.1) is 0 Å². The molecule has 6 aliphatic carbocycles. The summed E-state index contributed by atoms with van der Waals surface area (Å²) >= 11 is 0. The largest absolute Gasteiger partial charge is 0.309 e. The third-order valence-corrected chi connectivity index (χ3v) is 11.6. The minimum absolute atomic E-state index is 0.750. The van der Waals surface area contributed by atoms with E-state index >= 15 is 0 Å². The standard InChI is InChI=1S/C30H52N2/c1-4-14-24-21(10-1)13-9-19-27(24)31-28-17-7-8-18-29(28)32-30-25-15-5-2-11-22(25)20-23-12-3-6-16-26(23)30/h21-32H,1-20H2. The highest BCUT2D eigenvalue weighted by Gasteiger charge is 2.47. The maximum Gasteiger partial charge on any atom is 0.0224 e. The smallest absolute Gasteiger partial charge is 0.0224 e. The first kappa shape index (κ1) is 22.4. The van der Waals surface area contributed by atoms with Gasteiger partial charge in [0.25, 0.3) is 0 Å². The Bertz CT molecular complexity index is 580. The monoisotopic (exact) mass is 440 g/mol. The van der Waals surface area contributed by atoms with E-state index in [1.165, 1.54) is 109 Å². The molecule has 2 nitrogen and oxygen atoms in total. The van der Waals surface area contributed by atoms with E-state index in [1.807, 2.05) is 0 Å². The fourth-order valence-electron chi connectivity index (χ4n) is 10.2. The Morgan fingerprint density at radius 2 is 0.812 bits per heavy atom. The van der Waals surface area contributed by atoms with E-state index in [2.05, 4.69) is 10.6 Å². The lowest BCUT2D eigenvalue weighted by Crippen LogP contribution is -2.62. The molecule has 0 aromatic rings. The van der Waals surface area contributed by atoms with E-state index in [-0.39, 0.29) is 0 Å². The summed E-state index contributed by atoms with van der Waals surface area (Å²) in [4.78, 5) is 0. The van der Waals surface area contributed by atoms with Crippen molar-refractivity contribution in [2.75, 3.05) is 0 Å². The molecule has 6 fully saturated rings. The van der Waals surface area contributed by atoms with Crippen molar-refractivity contribution >= 4 is 0 Å². The molecule has 32 heavy (non-hydrogen) atoms. The number of rotatable bonds is 4. The summed E-state index contributed by atoms with van der Waals surface area (Å²) in [6, 6.07) is 3.18. The Balaban J connectivity index is 1.16. The van der Waals surface area contributed by atoms with E-state index in [0.29, 0.717) is 0 Å². The minimum atomic E-state index is 0.750. The van der Waals surface area contributed by atoms with Gasteiger partial charge in [0, 0.05) is 24.2 Å². The van der Waals surface area contributed by atoms with Gasteiger partial charge in [-0.3, -0.25) is 0 Å². The Morgan fingerprint density at radius 3 is 1.50 bits per heavy atom. The second kappa shape index (κ2) is 10.3. The van der Waals surface area contributed by atoms with Crippen LogP contribution < -0.4 is 10.6 Å². The van der Waals surface area contributed by atoms with Crippen LogP contribution >= 0.6 is 0 Å². The first-order chi connectivity index (χ1) is 15.9. The Hall–Kier alpha value is -0.0800. The van der Waals surface area contributed by atoms with Crippen LogP contribution in [-0.2, 0) is 0 Å². The first-order valence-electron chi connectivity index (χ1n) is 15.4. The van der Waals surface area contributed by atoms with Crippen LogP contribution in [0, 0.1) is 35.5 Å². The van der Waals surface area contributed by atoms with E-state index < -0.39 is 0 Å². The molecule has 2 N–H and O–H groups in total. The van der Waals surface area contributed by atoms with Crippen LogP contribution in [0.5, 0.6) is 0 Å². The highest BCUT2D eigenvalue weighted by Crippen LogP contribution is 2.50. The highest BCUT2D eigenvalue weighted by atomic mass is 15.1. The molecule has 9 unspecified atom stereocenters. The lowest BCUT2D eigenvalue weighted by atomic mass is 9.57.